The highest BCUT2D eigenvalue weighted by Gasteiger charge is 2.25. The van der Waals surface area contributed by atoms with Crippen LogP contribution in [-0.2, 0) is 25.6 Å². The number of rotatable bonds is 8. The van der Waals surface area contributed by atoms with E-state index < -0.39 is 35.0 Å². The molecule has 7 nitrogen and oxygen atoms in total. The Morgan fingerprint density at radius 2 is 1.78 bits per heavy atom. The van der Waals surface area contributed by atoms with Crippen LogP contribution in [0, 0.1) is 0 Å². The van der Waals surface area contributed by atoms with E-state index in [1.165, 1.54) is 0 Å². The normalized spacial score (nSPS) is 13.6. The third-order valence-electron chi connectivity index (χ3n) is 3.57. The minimum atomic E-state index is -3.76. The van der Waals surface area contributed by atoms with E-state index in [0.29, 0.717) is 10.6 Å². The topological polar surface area (TPSA) is 102 Å². The molecule has 146 valence electrons. The molecular formula is C18H20ClNO6S. The first-order chi connectivity index (χ1) is 12.7. The average Bonchev–Trinajstić information content (AvgIpc) is 2.63. The number of alkyl carbamates (subject to hydrolysis) is 1. The van der Waals surface area contributed by atoms with Crippen molar-refractivity contribution in [1.82, 2.24) is 5.32 Å². The molecule has 0 heterocycles. The highest BCUT2D eigenvalue weighted by Crippen LogP contribution is 2.20. The second-order valence-electron chi connectivity index (χ2n) is 5.80. The van der Waals surface area contributed by atoms with Gasteiger partial charge in [-0.15, -0.1) is 0 Å². The minimum absolute atomic E-state index is 0.0311. The van der Waals surface area contributed by atoms with E-state index in [9.17, 15) is 18.3 Å². The van der Waals surface area contributed by atoms with Gasteiger partial charge in [0.1, 0.15) is 12.7 Å². The number of carbonyl (C=O) groups is 1. The lowest BCUT2D eigenvalue weighted by Gasteiger charge is -2.23. The molecule has 2 atom stereocenters. The van der Waals surface area contributed by atoms with Gasteiger partial charge in [0.2, 0.25) is 0 Å². The van der Waals surface area contributed by atoms with E-state index >= 15 is 0 Å². The number of hydrogen-bond acceptors (Lipinski definition) is 6. The Balaban J connectivity index is 2.04. The fourth-order valence-electron chi connectivity index (χ4n) is 2.22. The summed E-state index contributed by atoms with van der Waals surface area (Å²) in [7, 11) is -3.76. The van der Waals surface area contributed by atoms with Crippen LogP contribution >= 0.6 is 11.6 Å². The number of amides is 1. The van der Waals surface area contributed by atoms with Crippen molar-refractivity contribution in [2.24, 2.45) is 0 Å². The third-order valence-corrected chi connectivity index (χ3v) is 4.39. The van der Waals surface area contributed by atoms with Gasteiger partial charge in [0.15, 0.2) is 0 Å². The molecule has 2 aromatic rings. The van der Waals surface area contributed by atoms with Gasteiger partial charge in [0.05, 0.1) is 18.9 Å². The minimum Gasteiger partial charge on any atom is -0.445 e. The molecular weight excluding hydrogens is 394 g/mol. The number of benzene rings is 2. The number of hydrogen-bond donors (Lipinski definition) is 2. The molecule has 0 spiro atoms. The molecule has 2 aromatic carbocycles. The van der Waals surface area contributed by atoms with Gasteiger partial charge in [-0.05, 0) is 23.3 Å². The lowest BCUT2D eigenvalue weighted by molar-refractivity contribution is 0.0829. The fraction of sp³-hybridized carbons (Fsp3) is 0.278. The molecule has 0 bridgehead atoms. The number of aliphatic hydroxyl groups is 1. The van der Waals surface area contributed by atoms with Crippen molar-refractivity contribution in [2.45, 2.75) is 18.8 Å². The van der Waals surface area contributed by atoms with E-state index in [1.807, 2.05) is 18.2 Å². The van der Waals surface area contributed by atoms with Crippen molar-refractivity contribution < 1.29 is 27.2 Å². The second-order valence-corrected chi connectivity index (χ2v) is 7.88. The molecule has 0 saturated carbocycles. The van der Waals surface area contributed by atoms with Gasteiger partial charge in [-0.1, -0.05) is 54.1 Å². The number of halogens is 1. The molecule has 1 amide bonds. The van der Waals surface area contributed by atoms with E-state index in [4.69, 9.17) is 20.5 Å². The van der Waals surface area contributed by atoms with Crippen LogP contribution in [0.4, 0.5) is 4.79 Å². The lowest BCUT2D eigenvalue weighted by Crippen LogP contribution is -2.43. The SMILES string of the molecule is CS(=O)(=O)OC[C@@H](NC(=O)OCc1ccccc1)[C@H](O)c1ccc(Cl)cc1. The molecule has 0 radical (unpaired) electrons. The van der Waals surface area contributed by atoms with Crippen LogP contribution in [0.2, 0.25) is 5.02 Å². The van der Waals surface area contributed by atoms with Crippen molar-refractivity contribution in [3.05, 3.63) is 70.7 Å². The highest BCUT2D eigenvalue weighted by atomic mass is 35.5. The maximum atomic E-state index is 12.1. The van der Waals surface area contributed by atoms with Crippen LogP contribution in [0.3, 0.4) is 0 Å². The molecule has 0 saturated heterocycles. The van der Waals surface area contributed by atoms with Crippen LogP contribution in [0.25, 0.3) is 0 Å². The summed E-state index contributed by atoms with van der Waals surface area (Å²) >= 11 is 5.83. The van der Waals surface area contributed by atoms with Gasteiger partial charge in [0, 0.05) is 5.02 Å². The Hall–Kier alpha value is -2.13. The zero-order valence-corrected chi connectivity index (χ0v) is 16.1. The van der Waals surface area contributed by atoms with Gasteiger partial charge in [-0.2, -0.15) is 8.42 Å². The number of carbonyl (C=O) groups excluding carboxylic acids is 1. The van der Waals surface area contributed by atoms with Crippen molar-refractivity contribution >= 4 is 27.8 Å². The van der Waals surface area contributed by atoms with Gasteiger partial charge in [0.25, 0.3) is 10.1 Å². The number of nitrogens with one attached hydrogen (secondary N) is 1. The predicted octanol–water partition coefficient (Wildman–Crippen LogP) is 2.64. The first-order valence-corrected chi connectivity index (χ1v) is 10.2. The summed E-state index contributed by atoms with van der Waals surface area (Å²) in [5.41, 5.74) is 1.22. The molecule has 0 aliphatic rings. The van der Waals surface area contributed by atoms with Crippen LogP contribution < -0.4 is 5.32 Å². The number of aliphatic hydroxyl groups excluding tert-OH is 1. The van der Waals surface area contributed by atoms with Crippen molar-refractivity contribution in [2.75, 3.05) is 12.9 Å². The Kier molecular flexibility index (Phi) is 7.61. The van der Waals surface area contributed by atoms with E-state index in [2.05, 4.69) is 5.32 Å². The maximum absolute atomic E-state index is 12.1. The molecule has 2 N–H and O–H groups in total. The summed E-state index contributed by atoms with van der Waals surface area (Å²) < 4.78 is 32.4. The Morgan fingerprint density at radius 3 is 2.37 bits per heavy atom. The van der Waals surface area contributed by atoms with Gasteiger partial charge >= 0.3 is 6.09 Å². The summed E-state index contributed by atoms with van der Waals surface area (Å²) in [6.07, 6.45) is -1.16. The zero-order chi connectivity index (χ0) is 19.9. The third kappa shape index (κ3) is 7.56. The Labute approximate surface area is 163 Å². The van der Waals surface area contributed by atoms with Crippen LogP contribution in [0.5, 0.6) is 0 Å². The lowest BCUT2D eigenvalue weighted by atomic mass is 10.0. The molecule has 0 aromatic heterocycles. The summed E-state index contributed by atoms with van der Waals surface area (Å²) in [6, 6.07) is 14.3. The molecule has 0 fully saturated rings. The average molecular weight is 414 g/mol. The summed E-state index contributed by atoms with van der Waals surface area (Å²) in [5.74, 6) is 0. The van der Waals surface area contributed by atoms with Crippen LogP contribution in [-0.4, -0.2) is 38.5 Å². The maximum Gasteiger partial charge on any atom is 0.407 e. The summed E-state index contributed by atoms with van der Waals surface area (Å²) in [5, 5.41) is 13.4. The standard InChI is InChI=1S/C18H20ClNO6S/c1-27(23,24)26-12-16(17(21)14-7-9-15(19)10-8-14)20-18(22)25-11-13-5-3-2-4-6-13/h2-10,16-17,21H,11-12H2,1H3,(H,20,22)/t16-,17-/m1/s1. The van der Waals surface area contributed by atoms with E-state index in [0.717, 1.165) is 11.8 Å². The fourth-order valence-corrected chi connectivity index (χ4v) is 2.74. The number of ether oxygens (including phenoxy) is 1. The molecule has 0 unspecified atom stereocenters. The van der Waals surface area contributed by atoms with E-state index in [1.54, 1.807) is 36.4 Å². The first kappa shape index (κ1) is 21.2. The predicted molar refractivity (Wildman–Crippen MR) is 101 cm³/mol. The van der Waals surface area contributed by atoms with Crippen molar-refractivity contribution in [1.29, 1.82) is 0 Å². The zero-order valence-electron chi connectivity index (χ0n) is 14.5. The largest absolute Gasteiger partial charge is 0.445 e. The molecule has 2 rings (SSSR count). The molecule has 0 aliphatic heterocycles. The van der Waals surface area contributed by atoms with Crippen LogP contribution in [0.15, 0.2) is 54.6 Å². The van der Waals surface area contributed by atoms with Gasteiger partial charge in [-0.25, -0.2) is 4.79 Å². The monoisotopic (exact) mass is 413 g/mol. The van der Waals surface area contributed by atoms with Gasteiger partial charge < -0.3 is 15.2 Å². The Bertz CT molecular complexity index is 842. The van der Waals surface area contributed by atoms with E-state index in [-0.39, 0.29) is 6.61 Å². The van der Waals surface area contributed by atoms with Crippen LogP contribution in [0.1, 0.15) is 17.2 Å². The first-order valence-electron chi connectivity index (χ1n) is 8.00. The molecule has 9 heteroatoms. The Morgan fingerprint density at radius 1 is 1.15 bits per heavy atom. The summed E-state index contributed by atoms with van der Waals surface area (Å²) in [4.78, 5) is 12.1. The van der Waals surface area contributed by atoms with Crippen molar-refractivity contribution in [3.63, 3.8) is 0 Å². The molecule has 0 aliphatic carbocycles. The van der Waals surface area contributed by atoms with Crippen molar-refractivity contribution in [3.8, 4) is 0 Å². The van der Waals surface area contributed by atoms with Gasteiger partial charge in [-0.3, -0.25) is 4.18 Å². The molecule has 27 heavy (non-hydrogen) atoms. The summed E-state index contributed by atoms with van der Waals surface area (Å²) in [6.45, 7) is -0.424. The highest BCUT2D eigenvalue weighted by molar-refractivity contribution is 7.85. The quantitative estimate of drug-likeness (QED) is 0.645. The second kappa shape index (κ2) is 9.70. The smallest absolute Gasteiger partial charge is 0.407 e.